The third kappa shape index (κ3) is 3.18. The van der Waals surface area contributed by atoms with Crippen LogP contribution in [0.15, 0.2) is 41.5 Å². The van der Waals surface area contributed by atoms with Crippen LogP contribution < -0.4 is 19.6 Å². The number of phenols is 1. The van der Waals surface area contributed by atoms with Crippen molar-refractivity contribution in [1.82, 2.24) is 5.43 Å². The molecule has 1 amide bonds. The lowest BCUT2D eigenvalue weighted by atomic mass is 10.2. The Bertz CT molecular complexity index is 773. The number of ether oxygens (including phenoxy) is 3. The Balaban J connectivity index is 1.74. The molecule has 2 N–H and O–H groups in total. The van der Waals surface area contributed by atoms with Crippen LogP contribution in [0.3, 0.4) is 0 Å². The van der Waals surface area contributed by atoms with Gasteiger partial charge in [0.2, 0.25) is 6.79 Å². The molecule has 2 aromatic carbocycles. The van der Waals surface area contributed by atoms with Crippen LogP contribution in [0.25, 0.3) is 0 Å². The first-order chi connectivity index (χ1) is 11.2. The standard InChI is InChI=1S/C16H14N2O5/c1-21-13-7-15-14(22-9-23-15)6-11(13)8-17-18-16(20)10-3-2-4-12(19)5-10/h2-8,19H,9H2,1H3,(H,18,20)/b17-8-. The van der Waals surface area contributed by atoms with Gasteiger partial charge in [-0.3, -0.25) is 4.79 Å². The highest BCUT2D eigenvalue weighted by Gasteiger charge is 2.17. The van der Waals surface area contributed by atoms with E-state index in [1.54, 1.807) is 24.3 Å². The third-order valence-corrected chi connectivity index (χ3v) is 3.20. The predicted molar refractivity (Wildman–Crippen MR) is 82.3 cm³/mol. The highest BCUT2D eigenvalue weighted by atomic mass is 16.7. The fourth-order valence-electron chi connectivity index (χ4n) is 2.09. The van der Waals surface area contributed by atoms with Crippen molar-refractivity contribution in [3.63, 3.8) is 0 Å². The average Bonchev–Trinajstić information content (AvgIpc) is 3.01. The maximum absolute atomic E-state index is 11.9. The first-order valence-corrected chi connectivity index (χ1v) is 6.77. The average molecular weight is 314 g/mol. The molecule has 0 saturated carbocycles. The molecule has 7 heteroatoms. The Hall–Kier alpha value is -3.22. The van der Waals surface area contributed by atoms with Crippen LogP contribution >= 0.6 is 0 Å². The molecule has 0 bridgehead atoms. The van der Waals surface area contributed by atoms with E-state index in [0.29, 0.717) is 28.4 Å². The van der Waals surface area contributed by atoms with E-state index in [9.17, 15) is 9.90 Å². The molecule has 7 nitrogen and oxygen atoms in total. The number of amides is 1. The topological polar surface area (TPSA) is 89.4 Å². The maximum atomic E-state index is 11.9. The zero-order valence-corrected chi connectivity index (χ0v) is 12.3. The van der Waals surface area contributed by atoms with E-state index >= 15 is 0 Å². The molecule has 0 radical (unpaired) electrons. The van der Waals surface area contributed by atoms with Gasteiger partial charge in [-0.2, -0.15) is 5.10 Å². The number of hydrogen-bond acceptors (Lipinski definition) is 6. The Kier molecular flexibility index (Phi) is 4.01. The van der Waals surface area contributed by atoms with Gasteiger partial charge in [0.05, 0.1) is 13.3 Å². The molecule has 0 spiro atoms. The number of hydrogen-bond donors (Lipinski definition) is 2. The lowest BCUT2D eigenvalue weighted by Crippen LogP contribution is -2.17. The molecule has 1 aliphatic heterocycles. The van der Waals surface area contributed by atoms with E-state index in [0.717, 1.165) is 0 Å². The van der Waals surface area contributed by atoms with E-state index in [4.69, 9.17) is 14.2 Å². The van der Waals surface area contributed by atoms with E-state index in [1.165, 1.54) is 25.5 Å². The lowest BCUT2D eigenvalue weighted by Gasteiger charge is -2.06. The number of carbonyl (C=O) groups excluding carboxylic acids is 1. The van der Waals surface area contributed by atoms with E-state index < -0.39 is 5.91 Å². The fourth-order valence-corrected chi connectivity index (χ4v) is 2.09. The fraction of sp³-hybridized carbons (Fsp3) is 0.125. The Morgan fingerprint density at radius 3 is 2.83 bits per heavy atom. The smallest absolute Gasteiger partial charge is 0.271 e. The quantitative estimate of drug-likeness (QED) is 0.664. The number of methoxy groups -OCH3 is 1. The molecule has 1 heterocycles. The molecule has 0 atom stereocenters. The number of fused-ring (bicyclic) bond motifs is 1. The molecule has 1 aliphatic rings. The van der Waals surface area contributed by atoms with Gasteiger partial charge in [-0.25, -0.2) is 5.43 Å². The summed E-state index contributed by atoms with van der Waals surface area (Å²) in [6, 6.07) is 9.40. The molecular weight excluding hydrogens is 300 g/mol. The van der Waals surface area contributed by atoms with Gasteiger partial charge in [0, 0.05) is 17.2 Å². The van der Waals surface area contributed by atoms with Crippen LogP contribution in [0.1, 0.15) is 15.9 Å². The minimum atomic E-state index is -0.433. The Morgan fingerprint density at radius 2 is 2.09 bits per heavy atom. The first kappa shape index (κ1) is 14.7. The molecule has 2 aromatic rings. The van der Waals surface area contributed by atoms with Gasteiger partial charge >= 0.3 is 0 Å². The summed E-state index contributed by atoms with van der Waals surface area (Å²) in [4.78, 5) is 11.9. The maximum Gasteiger partial charge on any atom is 0.271 e. The van der Waals surface area contributed by atoms with Gasteiger partial charge < -0.3 is 19.3 Å². The summed E-state index contributed by atoms with van der Waals surface area (Å²) in [7, 11) is 1.53. The molecule has 118 valence electrons. The predicted octanol–water partition coefficient (Wildman–Crippen LogP) is 1.89. The molecule has 23 heavy (non-hydrogen) atoms. The molecule has 0 saturated heterocycles. The number of nitrogens with one attached hydrogen (secondary N) is 1. The van der Waals surface area contributed by atoms with Crippen LogP contribution in [-0.4, -0.2) is 31.1 Å². The highest BCUT2D eigenvalue weighted by Crippen LogP contribution is 2.37. The van der Waals surface area contributed by atoms with Crippen molar-refractivity contribution in [2.75, 3.05) is 13.9 Å². The van der Waals surface area contributed by atoms with Gasteiger partial charge in [0.1, 0.15) is 11.5 Å². The SMILES string of the molecule is COc1cc2c(cc1/C=N\NC(=O)c1cccc(O)c1)OCO2. The number of rotatable bonds is 4. The zero-order valence-electron chi connectivity index (χ0n) is 12.3. The zero-order chi connectivity index (χ0) is 16.2. The van der Waals surface area contributed by atoms with E-state index in [1.807, 2.05) is 0 Å². The molecule has 0 unspecified atom stereocenters. The van der Waals surface area contributed by atoms with Gasteiger partial charge in [-0.15, -0.1) is 0 Å². The van der Waals surface area contributed by atoms with Crippen molar-refractivity contribution < 1.29 is 24.1 Å². The monoisotopic (exact) mass is 314 g/mol. The van der Waals surface area contributed by atoms with Gasteiger partial charge in [-0.1, -0.05) is 6.07 Å². The van der Waals surface area contributed by atoms with Gasteiger partial charge in [-0.05, 0) is 24.3 Å². The van der Waals surface area contributed by atoms with Crippen molar-refractivity contribution in [2.45, 2.75) is 0 Å². The van der Waals surface area contributed by atoms with Crippen molar-refractivity contribution >= 4 is 12.1 Å². The summed E-state index contributed by atoms with van der Waals surface area (Å²) < 4.78 is 15.8. The van der Waals surface area contributed by atoms with Crippen molar-refractivity contribution in [2.24, 2.45) is 5.10 Å². The summed E-state index contributed by atoms with van der Waals surface area (Å²) in [6.07, 6.45) is 1.45. The number of carbonyl (C=O) groups is 1. The van der Waals surface area contributed by atoms with Gasteiger partial charge in [0.25, 0.3) is 5.91 Å². The number of phenolic OH excluding ortho intramolecular Hbond substituents is 1. The number of hydrazone groups is 1. The minimum Gasteiger partial charge on any atom is -0.508 e. The molecule has 0 aromatic heterocycles. The summed E-state index contributed by atoms with van der Waals surface area (Å²) >= 11 is 0. The highest BCUT2D eigenvalue weighted by molar-refractivity contribution is 5.95. The number of benzene rings is 2. The van der Waals surface area contributed by atoms with Crippen LogP contribution in [0.5, 0.6) is 23.0 Å². The number of aromatic hydroxyl groups is 1. The molecule has 3 rings (SSSR count). The van der Waals surface area contributed by atoms with Crippen molar-refractivity contribution in [3.05, 3.63) is 47.5 Å². The largest absolute Gasteiger partial charge is 0.508 e. The second-order valence-corrected chi connectivity index (χ2v) is 4.70. The molecular formula is C16H14N2O5. The second-order valence-electron chi connectivity index (χ2n) is 4.70. The number of nitrogens with zero attached hydrogens (tertiary/aromatic N) is 1. The molecule has 0 fully saturated rings. The second kappa shape index (κ2) is 6.27. The van der Waals surface area contributed by atoms with E-state index in [2.05, 4.69) is 10.5 Å². The summed E-state index contributed by atoms with van der Waals surface area (Å²) in [5.41, 5.74) is 3.32. The van der Waals surface area contributed by atoms with Crippen LogP contribution in [0.2, 0.25) is 0 Å². The lowest BCUT2D eigenvalue weighted by molar-refractivity contribution is 0.0954. The summed E-state index contributed by atoms with van der Waals surface area (Å²) in [5.74, 6) is 1.31. The van der Waals surface area contributed by atoms with Crippen molar-refractivity contribution in [3.8, 4) is 23.0 Å². The minimum absolute atomic E-state index is 0.0130. The first-order valence-electron chi connectivity index (χ1n) is 6.77. The third-order valence-electron chi connectivity index (χ3n) is 3.20. The van der Waals surface area contributed by atoms with Crippen LogP contribution in [0.4, 0.5) is 0 Å². The Labute approximate surface area is 132 Å². The Morgan fingerprint density at radius 1 is 1.30 bits per heavy atom. The molecule has 0 aliphatic carbocycles. The van der Waals surface area contributed by atoms with Gasteiger partial charge in [0.15, 0.2) is 11.5 Å². The summed E-state index contributed by atoms with van der Waals surface area (Å²) in [5, 5.41) is 13.3. The van der Waals surface area contributed by atoms with Crippen molar-refractivity contribution in [1.29, 1.82) is 0 Å². The van der Waals surface area contributed by atoms with Crippen LogP contribution in [-0.2, 0) is 0 Å². The summed E-state index contributed by atoms with van der Waals surface area (Å²) in [6.45, 7) is 0.160. The normalized spacial score (nSPS) is 12.4. The van der Waals surface area contributed by atoms with Crippen LogP contribution in [0, 0.1) is 0 Å². The van der Waals surface area contributed by atoms with E-state index in [-0.39, 0.29) is 12.5 Å².